The number of aliphatic hydroxyl groups is 1. The van der Waals surface area contributed by atoms with Crippen LogP contribution in [0.3, 0.4) is 0 Å². The zero-order chi connectivity index (χ0) is 23.4. The number of hydrogen-bond acceptors (Lipinski definition) is 6. The highest BCUT2D eigenvalue weighted by molar-refractivity contribution is 5.98. The Bertz CT molecular complexity index is 1230. The van der Waals surface area contributed by atoms with Crippen molar-refractivity contribution in [1.82, 2.24) is 24.8 Å². The first-order valence-electron chi connectivity index (χ1n) is 10.8. The Balaban J connectivity index is 1.51. The Hall–Kier alpha value is -3.91. The van der Waals surface area contributed by atoms with Gasteiger partial charge in [0.25, 0.3) is 5.91 Å². The number of aromatic nitrogens is 3. The fourth-order valence-corrected chi connectivity index (χ4v) is 3.74. The molecule has 1 saturated heterocycles. The number of likely N-dealkylation sites (N-methyl/N-ethyl adjacent to an activating group) is 1. The molecule has 4 rings (SSSR count). The van der Waals surface area contributed by atoms with Crippen LogP contribution < -0.4 is 5.32 Å². The van der Waals surface area contributed by atoms with Crippen LogP contribution in [0.15, 0.2) is 67.1 Å². The van der Waals surface area contributed by atoms with Gasteiger partial charge in [0.05, 0.1) is 5.69 Å². The highest BCUT2D eigenvalue weighted by Gasteiger charge is 2.21. The Morgan fingerprint density at radius 2 is 2.00 bits per heavy atom. The van der Waals surface area contributed by atoms with Crippen LogP contribution in [0.25, 0.3) is 16.5 Å². The van der Waals surface area contributed by atoms with E-state index in [1.165, 1.54) is 12.2 Å². The predicted octanol–water partition coefficient (Wildman–Crippen LogP) is 4.12. The van der Waals surface area contributed by atoms with Crippen LogP contribution in [-0.2, 0) is 0 Å². The van der Waals surface area contributed by atoms with Crippen molar-refractivity contribution >= 4 is 34.0 Å². The quantitative estimate of drug-likeness (QED) is 0.391. The normalized spacial score (nSPS) is 15.6. The molecule has 0 unspecified atom stereocenters. The lowest BCUT2D eigenvalue weighted by atomic mass is 10.2. The number of nitrogens with one attached hydrogen (secondary N) is 2. The van der Waals surface area contributed by atoms with E-state index in [1.54, 1.807) is 18.3 Å². The third-order valence-electron chi connectivity index (χ3n) is 5.61. The van der Waals surface area contributed by atoms with Gasteiger partial charge in [-0.15, -0.1) is 0 Å². The summed E-state index contributed by atoms with van der Waals surface area (Å²) in [6, 6.07) is 9.49. The van der Waals surface area contributed by atoms with Crippen molar-refractivity contribution in [2.45, 2.75) is 6.92 Å². The van der Waals surface area contributed by atoms with E-state index in [4.69, 9.17) is 0 Å². The number of nitrogens with zero attached hydrogens (tertiary/aromatic N) is 4. The van der Waals surface area contributed by atoms with Gasteiger partial charge in [-0.3, -0.25) is 4.79 Å². The molecule has 1 fully saturated rings. The van der Waals surface area contributed by atoms with Crippen molar-refractivity contribution in [2.75, 3.05) is 38.5 Å². The molecule has 2 aromatic heterocycles. The van der Waals surface area contributed by atoms with E-state index in [0.29, 0.717) is 17.3 Å². The number of aromatic amines is 1. The molecule has 33 heavy (non-hydrogen) atoms. The molecule has 3 N–H and O–H groups in total. The summed E-state index contributed by atoms with van der Waals surface area (Å²) in [6.45, 7) is 8.69. The van der Waals surface area contributed by atoms with Gasteiger partial charge >= 0.3 is 0 Å². The molecule has 0 atom stereocenters. The van der Waals surface area contributed by atoms with Crippen LogP contribution in [0, 0.1) is 0 Å². The first-order valence-corrected chi connectivity index (χ1v) is 10.8. The van der Waals surface area contributed by atoms with E-state index in [1.807, 2.05) is 36.1 Å². The van der Waals surface area contributed by atoms with E-state index in [0.717, 1.165) is 48.3 Å². The van der Waals surface area contributed by atoms with Crippen LogP contribution in [0.5, 0.6) is 0 Å². The highest BCUT2D eigenvalue weighted by atomic mass is 16.3. The van der Waals surface area contributed by atoms with Crippen molar-refractivity contribution < 1.29 is 9.90 Å². The van der Waals surface area contributed by atoms with Gasteiger partial charge in [-0.1, -0.05) is 12.7 Å². The van der Waals surface area contributed by atoms with Crippen LogP contribution in [0.2, 0.25) is 0 Å². The van der Waals surface area contributed by atoms with E-state index in [9.17, 15) is 9.90 Å². The standard InChI is InChI=1S/C25H28N6O2/c1-4-5-20(32)14-17(2)21-8-9-26-25(29-21)27-19-6-7-22-18(15-19)16-23(28-22)24(33)31-12-10-30(3)11-13-31/h4-9,14-16,28,32H,1,10-13H2,2-3H3,(H,26,27,29)/b17-14+,20-5+. The number of H-pyrrole nitrogens is 1. The Labute approximate surface area is 193 Å². The van der Waals surface area contributed by atoms with Gasteiger partial charge in [0, 0.05) is 49.0 Å². The van der Waals surface area contributed by atoms with E-state index in [2.05, 4.69) is 38.8 Å². The summed E-state index contributed by atoms with van der Waals surface area (Å²) in [4.78, 5) is 29.1. The zero-order valence-corrected chi connectivity index (χ0v) is 18.9. The van der Waals surface area contributed by atoms with Gasteiger partial charge in [0.1, 0.15) is 11.5 Å². The van der Waals surface area contributed by atoms with Crippen molar-refractivity contribution in [3.8, 4) is 0 Å². The van der Waals surface area contributed by atoms with Crippen LogP contribution in [0.1, 0.15) is 23.1 Å². The number of anilines is 2. The van der Waals surface area contributed by atoms with E-state index < -0.39 is 0 Å². The first-order chi connectivity index (χ1) is 15.9. The molecule has 8 nitrogen and oxygen atoms in total. The molecule has 0 bridgehead atoms. The van der Waals surface area contributed by atoms with Gasteiger partial charge < -0.3 is 25.2 Å². The monoisotopic (exact) mass is 444 g/mol. The fourth-order valence-electron chi connectivity index (χ4n) is 3.74. The molecule has 0 saturated carbocycles. The fraction of sp³-hybridized carbons (Fsp3) is 0.240. The van der Waals surface area contributed by atoms with Crippen molar-refractivity contribution in [3.05, 3.63) is 78.5 Å². The SMILES string of the molecule is C=C/C=C(O)\C=C(/C)c1ccnc(Nc2ccc3[nH]c(C(=O)N4CCN(C)CC4)cc3c2)n1. The summed E-state index contributed by atoms with van der Waals surface area (Å²) in [5.74, 6) is 0.576. The summed E-state index contributed by atoms with van der Waals surface area (Å²) in [5.41, 5.74) is 3.80. The number of aliphatic hydroxyl groups excluding tert-OH is 1. The van der Waals surface area contributed by atoms with Gasteiger partial charge in [-0.2, -0.15) is 0 Å². The van der Waals surface area contributed by atoms with E-state index in [-0.39, 0.29) is 11.7 Å². The number of carbonyl (C=O) groups is 1. The maximum absolute atomic E-state index is 12.9. The predicted molar refractivity (Wildman–Crippen MR) is 132 cm³/mol. The summed E-state index contributed by atoms with van der Waals surface area (Å²) in [5, 5.41) is 14.0. The molecule has 0 radical (unpaired) electrons. The Morgan fingerprint density at radius 3 is 2.76 bits per heavy atom. The molecule has 3 aromatic rings. The smallest absolute Gasteiger partial charge is 0.270 e. The number of benzene rings is 1. The second kappa shape index (κ2) is 9.70. The van der Waals surface area contributed by atoms with E-state index >= 15 is 0 Å². The molecule has 1 aliphatic heterocycles. The second-order valence-electron chi connectivity index (χ2n) is 8.13. The highest BCUT2D eigenvalue weighted by Crippen LogP contribution is 2.23. The minimum atomic E-state index is 0.0286. The maximum atomic E-state index is 12.9. The number of allylic oxidation sites excluding steroid dienone is 4. The minimum Gasteiger partial charge on any atom is -0.508 e. The number of rotatable bonds is 6. The summed E-state index contributed by atoms with van der Waals surface area (Å²) in [6.07, 6.45) is 6.32. The zero-order valence-electron chi connectivity index (χ0n) is 18.9. The van der Waals surface area contributed by atoms with Crippen molar-refractivity contribution in [3.63, 3.8) is 0 Å². The molecule has 1 amide bonds. The molecule has 8 heteroatoms. The van der Waals surface area contributed by atoms with Crippen molar-refractivity contribution in [2.24, 2.45) is 0 Å². The maximum Gasteiger partial charge on any atom is 0.270 e. The largest absolute Gasteiger partial charge is 0.508 e. The van der Waals surface area contributed by atoms with Crippen LogP contribution >= 0.6 is 0 Å². The molecular weight excluding hydrogens is 416 g/mol. The second-order valence-corrected chi connectivity index (χ2v) is 8.13. The molecule has 1 aromatic carbocycles. The number of carbonyl (C=O) groups excluding carboxylic acids is 1. The lowest BCUT2D eigenvalue weighted by Gasteiger charge is -2.32. The summed E-state index contributed by atoms with van der Waals surface area (Å²) >= 11 is 0. The lowest BCUT2D eigenvalue weighted by molar-refractivity contribution is 0.0659. The molecule has 0 spiro atoms. The summed E-state index contributed by atoms with van der Waals surface area (Å²) in [7, 11) is 2.07. The molecule has 1 aliphatic rings. The Morgan fingerprint density at radius 1 is 1.21 bits per heavy atom. The third-order valence-corrected chi connectivity index (χ3v) is 5.61. The molecule has 0 aliphatic carbocycles. The number of hydrogen-bond donors (Lipinski definition) is 3. The first kappa shape index (κ1) is 22.3. The number of amides is 1. The molecule has 170 valence electrons. The van der Waals surface area contributed by atoms with Gasteiger partial charge in [0.15, 0.2) is 0 Å². The average Bonchev–Trinajstić information content (AvgIpc) is 3.23. The van der Waals surface area contributed by atoms with Crippen molar-refractivity contribution in [1.29, 1.82) is 0 Å². The Kier molecular flexibility index (Phi) is 6.55. The number of piperazine rings is 1. The topological polar surface area (TPSA) is 97.4 Å². The molecular formula is C25H28N6O2. The minimum absolute atomic E-state index is 0.0286. The average molecular weight is 445 g/mol. The van der Waals surface area contributed by atoms with Gasteiger partial charge in [0.2, 0.25) is 5.95 Å². The summed E-state index contributed by atoms with van der Waals surface area (Å²) < 4.78 is 0. The van der Waals surface area contributed by atoms with Crippen LogP contribution in [0.4, 0.5) is 11.6 Å². The van der Waals surface area contributed by atoms with Crippen LogP contribution in [-0.4, -0.2) is 69.0 Å². The third kappa shape index (κ3) is 5.30. The lowest BCUT2D eigenvalue weighted by Crippen LogP contribution is -2.47. The van der Waals surface area contributed by atoms with Gasteiger partial charge in [-0.05, 0) is 62.0 Å². The van der Waals surface area contributed by atoms with Gasteiger partial charge in [-0.25, -0.2) is 9.97 Å². The number of fused-ring (bicyclic) bond motifs is 1. The molecule has 3 heterocycles.